The largest absolute Gasteiger partial charge is 0.508 e. The Morgan fingerprint density at radius 1 is 1.11 bits per heavy atom. The Labute approximate surface area is 104 Å². The SMILES string of the molecule is Oc1ccc(CN2CCC(C(F)(F)F)CC2)cc1. The number of phenolic OH excluding ortho intramolecular Hbond substituents is 1. The van der Waals surface area contributed by atoms with Crippen molar-refractivity contribution in [2.75, 3.05) is 13.1 Å². The zero-order valence-electron chi connectivity index (χ0n) is 9.95. The molecule has 2 rings (SSSR count). The van der Waals surface area contributed by atoms with Crippen LogP contribution in [-0.2, 0) is 6.54 Å². The number of halogens is 3. The number of benzene rings is 1. The van der Waals surface area contributed by atoms with Crippen LogP contribution in [0.15, 0.2) is 24.3 Å². The summed E-state index contributed by atoms with van der Waals surface area (Å²) in [5.41, 5.74) is 1.01. The summed E-state index contributed by atoms with van der Waals surface area (Å²) in [6, 6.07) is 6.78. The average Bonchev–Trinajstić information content (AvgIpc) is 2.32. The van der Waals surface area contributed by atoms with E-state index in [1.807, 2.05) is 4.90 Å². The van der Waals surface area contributed by atoms with Crippen LogP contribution in [0.4, 0.5) is 13.2 Å². The van der Waals surface area contributed by atoms with Gasteiger partial charge in [-0.2, -0.15) is 13.2 Å². The Morgan fingerprint density at radius 3 is 2.17 bits per heavy atom. The van der Waals surface area contributed by atoms with Crippen molar-refractivity contribution in [2.45, 2.75) is 25.6 Å². The van der Waals surface area contributed by atoms with Crippen LogP contribution in [0.3, 0.4) is 0 Å². The summed E-state index contributed by atoms with van der Waals surface area (Å²) in [7, 11) is 0. The molecule has 0 bridgehead atoms. The van der Waals surface area contributed by atoms with Gasteiger partial charge in [0.05, 0.1) is 5.92 Å². The van der Waals surface area contributed by atoms with Crippen molar-refractivity contribution < 1.29 is 18.3 Å². The van der Waals surface area contributed by atoms with E-state index in [-0.39, 0.29) is 18.6 Å². The highest BCUT2D eigenvalue weighted by molar-refractivity contribution is 5.25. The molecule has 0 radical (unpaired) electrons. The second-order valence-electron chi connectivity index (χ2n) is 4.76. The van der Waals surface area contributed by atoms with Crippen LogP contribution in [0.2, 0.25) is 0 Å². The van der Waals surface area contributed by atoms with Gasteiger partial charge in [0.25, 0.3) is 0 Å². The van der Waals surface area contributed by atoms with Gasteiger partial charge in [-0.25, -0.2) is 0 Å². The molecule has 0 saturated carbocycles. The lowest BCUT2D eigenvalue weighted by Gasteiger charge is -2.32. The van der Waals surface area contributed by atoms with E-state index in [1.54, 1.807) is 24.3 Å². The van der Waals surface area contributed by atoms with E-state index in [0.29, 0.717) is 19.6 Å². The lowest BCUT2D eigenvalue weighted by Crippen LogP contribution is -2.38. The maximum absolute atomic E-state index is 12.5. The zero-order valence-corrected chi connectivity index (χ0v) is 9.95. The van der Waals surface area contributed by atoms with E-state index < -0.39 is 12.1 Å². The molecule has 5 heteroatoms. The summed E-state index contributed by atoms with van der Waals surface area (Å²) < 4.78 is 37.5. The fourth-order valence-electron chi connectivity index (χ4n) is 2.28. The number of alkyl halides is 3. The van der Waals surface area contributed by atoms with E-state index in [4.69, 9.17) is 5.11 Å². The van der Waals surface area contributed by atoms with Crippen molar-refractivity contribution in [2.24, 2.45) is 5.92 Å². The van der Waals surface area contributed by atoms with Gasteiger partial charge in [0.1, 0.15) is 5.75 Å². The molecule has 1 fully saturated rings. The first-order valence-corrected chi connectivity index (χ1v) is 6.02. The average molecular weight is 259 g/mol. The van der Waals surface area contributed by atoms with E-state index in [0.717, 1.165) is 5.56 Å². The van der Waals surface area contributed by atoms with Crippen LogP contribution < -0.4 is 0 Å². The number of rotatable bonds is 2. The molecule has 0 spiro atoms. The highest BCUT2D eigenvalue weighted by atomic mass is 19.4. The van der Waals surface area contributed by atoms with Crippen molar-refractivity contribution in [1.29, 1.82) is 0 Å². The van der Waals surface area contributed by atoms with Crippen LogP contribution in [-0.4, -0.2) is 29.3 Å². The molecule has 1 aromatic rings. The maximum Gasteiger partial charge on any atom is 0.391 e. The van der Waals surface area contributed by atoms with Crippen LogP contribution in [0.5, 0.6) is 5.75 Å². The normalized spacial score (nSPS) is 19.1. The summed E-state index contributed by atoms with van der Waals surface area (Å²) >= 11 is 0. The summed E-state index contributed by atoms with van der Waals surface area (Å²) in [4.78, 5) is 2.02. The fourth-order valence-corrected chi connectivity index (χ4v) is 2.28. The molecule has 0 atom stereocenters. The smallest absolute Gasteiger partial charge is 0.391 e. The van der Waals surface area contributed by atoms with Gasteiger partial charge in [0.2, 0.25) is 0 Å². The molecule has 1 aromatic carbocycles. The predicted molar refractivity (Wildman–Crippen MR) is 62.2 cm³/mol. The Bertz CT molecular complexity index is 380. The highest BCUT2D eigenvalue weighted by Crippen LogP contribution is 2.34. The van der Waals surface area contributed by atoms with Gasteiger partial charge in [-0.1, -0.05) is 12.1 Å². The van der Waals surface area contributed by atoms with Crippen LogP contribution in [0.1, 0.15) is 18.4 Å². The number of aromatic hydroxyl groups is 1. The summed E-state index contributed by atoms with van der Waals surface area (Å²) in [6.45, 7) is 1.60. The van der Waals surface area contributed by atoms with Crippen molar-refractivity contribution in [3.05, 3.63) is 29.8 Å². The molecule has 1 aliphatic rings. The Balaban J connectivity index is 1.85. The fraction of sp³-hybridized carbons (Fsp3) is 0.538. The minimum absolute atomic E-state index is 0.182. The molecule has 0 aliphatic carbocycles. The number of likely N-dealkylation sites (tertiary alicyclic amines) is 1. The first-order chi connectivity index (χ1) is 8.45. The molecule has 0 unspecified atom stereocenters. The van der Waals surface area contributed by atoms with Crippen molar-refractivity contribution in [3.63, 3.8) is 0 Å². The minimum Gasteiger partial charge on any atom is -0.508 e. The van der Waals surface area contributed by atoms with Crippen molar-refractivity contribution >= 4 is 0 Å². The third kappa shape index (κ3) is 3.38. The van der Waals surface area contributed by atoms with E-state index in [9.17, 15) is 13.2 Å². The Hall–Kier alpha value is -1.23. The first-order valence-electron chi connectivity index (χ1n) is 6.02. The monoisotopic (exact) mass is 259 g/mol. The number of phenols is 1. The van der Waals surface area contributed by atoms with Gasteiger partial charge in [-0.15, -0.1) is 0 Å². The third-order valence-electron chi connectivity index (χ3n) is 3.39. The zero-order chi connectivity index (χ0) is 13.2. The number of hydrogen-bond acceptors (Lipinski definition) is 2. The summed E-state index contributed by atoms with van der Waals surface area (Å²) in [6.07, 6.45) is -3.69. The van der Waals surface area contributed by atoms with Gasteiger partial charge in [-0.3, -0.25) is 4.90 Å². The van der Waals surface area contributed by atoms with Gasteiger partial charge in [0.15, 0.2) is 0 Å². The third-order valence-corrected chi connectivity index (χ3v) is 3.39. The molecule has 1 N–H and O–H groups in total. The standard InChI is InChI=1S/C13H16F3NO/c14-13(15,16)11-5-7-17(8-6-11)9-10-1-3-12(18)4-2-10/h1-4,11,18H,5-9H2. The lowest BCUT2D eigenvalue weighted by atomic mass is 9.96. The van der Waals surface area contributed by atoms with Gasteiger partial charge in [-0.05, 0) is 43.6 Å². The molecule has 1 saturated heterocycles. The topological polar surface area (TPSA) is 23.5 Å². The molecule has 0 aromatic heterocycles. The molecule has 18 heavy (non-hydrogen) atoms. The van der Waals surface area contributed by atoms with Crippen molar-refractivity contribution in [3.8, 4) is 5.75 Å². The molecule has 0 amide bonds. The Kier molecular flexibility index (Phi) is 3.80. The second kappa shape index (κ2) is 5.18. The second-order valence-corrected chi connectivity index (χ2v) is 4.76. The number of piperidine rings is 1. The summed E-state index contributed by atoms with van der Waals surface area (Å²) in [5.74, 6) is -0.942. The van der Waals surface area contributed by atoms with Crippen LogP contribution in [0, 0.1) is 5.92 Å². The molecule has 1 aliphatic heterocycles. The van der Waals surface area contributed by atoms with Gasteiger partial charge >= 0.3 is 6.18 Å². The quantitative estimate of drug-likeness (QED) is 0.881. The molecule has 1 heterocycles. The van der Waals surface area contributed by atoms with Crippen LogP contribution >= 0.6 is 0 Å². The minimum atomic E-state index is -4.05. The molecule has 100 valence electrons. The number of hydrogen-bond donors (Lipinski definition) is 1. The van der Waals surface area contributed by atoms with E-state index in [1.165, 1.54) is 0 Å². The van der Waals surface area contributed by atoms with E-state index in [2.05, 4.69) is 0 Å². The Morgan fingerprint density at radius 2 is 1.67 bits per heavy atom. The molecular weight excluding hydrogens is 243 g/mol. The van der Waals surface area contributed by atoms with Crippen molar-refractivity contribution in [1.82, 2.24) is 4.90 Å². The van der Waals surface area contributed by atoms with Gasteiger partial charge in [0, 0.05) is 6.54 Å². The first kappa shape index (κ1) is 13.2. The highest BCUT2D eigenvalue weighted by Gasteiger charge is 2.40. The van der Waals surface area contributed by atoms with Crippen LogP contribution in [0.25, 0.3) is 0 Å². The maximum atomic E-state index is 12.5. The molecule has 2 nitrogen and oxygen atoms in total. The number of nitrogens with zero attached hydrogens (tertiary/aromatic N) is 1. The lowest BCUT2D eigenvalue weighted by molar-refractivity contribution is -0.185. The van der Waals surface area contributed by atoms with Gasteiger partial charge < -0.3 is 5.11 Å². The van der Waals surface area contributed by atoms with E-state index >= 15 is 0 Å². The predicted octanol–water partition coefficient (Wildman–Crippen LogP) is 3.17. The molecular formula is C13H16F3NO. The summed E-state index contributed by atoms with van der Waals surface area (Å²) in [5, 5.41) is 9.15.